The largest absolute Gasteiger partial charge is 0.379 e. The van der Waals surface area contributed by atoms with Crippen LogP contribution >= 0.6 is 23.2 Å². The highest BCUT2D eigenvalue weighted by molar-refractivity contribution is 6.63. The first-order valence-electron chi connectivity index (χ1n) is 7.17. The predicted molar refractivity (Wildman–Crippen MR) is 80.2 cm³/mol. The summed E-state index contributed by atoms with van der Waals surface area (Å²) in [7, 11) is 0. The second kappa shape index (κ2) is 16.2. The number of carbonyl (C=O) groups is 1. The fourth-order valence-electron chi connectivity index (χ4n) is 1.62. The molecule has 0 radical (unpaired) electrons. The Labute approximate surface area is 126 Å². The number of hydrogen-bond acceptors (Lipinski definition) is 3. The molecule has 0 aromatic rings. The van der Waals surface area contributed by atoms with E-state index in [4.69, 9.17) is 32.7 Å². The van der Waals surface area contributed by atoms with E-state index >= 15 is 0 Å². The molecule has 0 atom stereocenters. The lowest BCUT2D eigenvalue weighted by Crippen LogP contribution is -2.06. The Balaban J connectivity index is 2.93. The van der Waals surface area contributed by atoms with E-state index < -0.39 is 0 Å². The number of alkyl halides is 1. The molecule has 0 aromatic heterocycles. The van der Waals surface area contributed by atoms with E-state index in [1.165, 1.54) is 12.8 Å². The molecule has 0 unspecified atom stereocenters. The molecule has 0 aliphatic carbocycles. The Morgan fingerprint density at radius 1 is 0.737 bits per heavy atom. The Hall–Kier alpha value is 0.170. The fourth-order valence-corrected chi connectivity index (χ4v) is 1.94. The zero-order chi connectivity index (χ0) is 14.2. The second-order valence-electron chi connectivity index (χ2n) is 4.49. The van der Waals surface area contributed by atoms with Crippen LogP contribution in [0, 0.1) is 0 Å². The Kier molecular flexibility index (Phi) is 16.4. The summed E-state index contributed by atoms with van der Waals surface area (Å²) in [5.74, 6) is 0.758. The maximum atomic E-state index is 10.5. The van der Waals surface area contributed by atoms with E-state index in [-0.39, 0.29) is 5.24 Å². The molecule has 0 aliphatic rings. The molecule has 19 heavy (non-hydrogen) atoms. The highest BCUT2D eigenvalue weighted by Crippen LogP contribution is 2.03. The average Bonchev–Trinajstić information content (AvgIpc) is 2.39. The van der Waals surface area contributed by atoms with Crippen LogP contribution in [0.25, 0.3) is 0 Å². The minimum atomic E-state index is -0.250. The van der Waals surface area contributed by atoms with Crippen molar-refractivity contribution in [2.45, 2.75) is 51.4 Å². The standard InChI is InChI=1S/C14H26Cl2O3/c15-9-5-1-2-6-10-18-12-13-19-11-7-3-4-8-14(16)17/h1-13H2. The van der Waals surface area contributed by atoms with Crippen molar-refractivity contribution in [1.29, 1.82) is 0 Å². The van der Waals surface area contributed by atoms with Gasteiger partial charge in [-0.2, -0.15) is 0 Å². The fraction of sp³-hybridized carbons (Fsp3) is 0.929. The molecule has 0 rings (SSSR count). The van der Waals surface area contributed by atoms with Crippen LogP contribution < -0.4 is 0 Å². The minimum Gasteiger partial charge on any atom is -0.379 e. The molecule has 0 aliphatic heterocycles. The number of carbonyl (C=O) groups excluding carboxylic acids is 1. The Bertz CT molecular complexity index is 201. The molecular formula is C14H26Cl2O3. The summed E-state index contributed by atoms with van der Waals surface area (Å²) < 4.78 is 10.9. The third-order valence-corrected chi connectivity index (χ3v) is 3.16. The van der Waals surface area contributed by atoms with Gasteiger partial charge in [-0.05, 0) is 37.3 Å². The lowest BCUT2D eigenvalue weighted by atomic mass is 10.2. The molecule has 0 heterocycles. The number of unbranched alkanes of at least 4 members (excludes halogenated alkanes) is 5. The van der Waals surface area contributed by atoms with E-state index in [0.717, 1.165) is 51.2 Å². The van der Waals surface area contributed by atoms with Crippen LogP contribution in [0.1, 0.15) is 51.4 Å². The monoisotopic (exact) mass is 312 g/mol. The lowest BCUT2D eigenvalue weighted by Gasteiger charge is -2.05. The first-order chi connectivity index (χ1) is 9.27. The Morgan fingerprint density at radius 2 is 1.26 bits per heavy atom. The normalized spacial score (nSPS) is 10.8. The van der Waals surface area contributed by atoms with Crippen LogP contribution in [-0.4, -0.2) is 37.5 Å². The topological polar surface area (TPSA) is 35.5 Å². The van der Waals surface area contributed by atoms with Gasteiger partial charge in [0.15, 0.2) is 0 Å². The highest BCUT2D eigenvalue weighted by atomic mass is 35.5. The van der Waals surface area contributed by atoms with Crippen LogP contribution in [0.4, 0.5) is 0 Å². The first kappa shape index (κ1) is 19.2. The van der Waals surface area contributed by atoms with Crippen molar-refractivity contribution in [3.05, 3.63) is 0 Å². The van der Waals surface area contributed by atoms with Crippen molar-refractivity contribution < 1.29 is 14.3 Å². The zero-order valence-electron chi connectivity index (χ0n) is 11.7. The summed E-state index contributed by atoms with van der Waals surface area (Å²) in [6.07, 6.45) is 7.85. The second-order valence-corrected chi connectivity index (χ2v) is 5.29. The molecule has 0 N–H and O–H groups in total. The van der Waals surface area contributed by atoms with Gasteiger partial charge in [0.05, 0.1) is 13.2 Å². The summed E-state index contributed by atoms with van der Waals surface area (Å²) in [5, 5.41) is -0.250. The molecule has 0 fully saturated rings. The number of rotatable bonds is 15. The van der Waals surface area contributed by atoms with E-state index in [0.29, 0.717) is 19.6 Å². The van der Waals surface area contributed by atoms with Crippen molar-refractivity contribution in [2.24, 2.45) is 0 Å². The van der Waals surface area contributed by atoms with Gasteiger partial charge >= 0.3 is 0 Å². The van der Waals surface area contributed by atoms with E-state index in [2.05, 4.69) is 0 Å². The van der Waals surface area contributed by atoms with Gasteiger partial charge < -0.3 is 9.47 Å². The van der Waals surface area contributed by atoms with Gasteiger partial charge in [0.1, 0.15) is 0 Å². The number of halogens is 2. The lowest BCUT2D eigenvalue weighted by molar-refractivity contribution is -0.111. The molecule has 0 spiro atoms. The van der Waals surface area contributed by atoms with Crippen LogP contribution in [-0.2, 0) is 14.3 Å². The first-order valence-corrected chi connectivity index (χ1v) is 8.08. The maximum Gasteiger partial charge on any atom is 0.221 e. The molecule has 3 nitrogen and oxygen atoms in total. The molecule has 0 aromatic carbocycles. The molecule has 5 heteroatoms. The van der Waals surface area contributed by atoms with Crippen LogP contribution in [0.15, 0.2) is 0 Å². The smallest absolute Gasteiger partial charge is 0.221 e. The number of ether oxygens (including phenoxy) is 2. The molecule has 0 bridgehead atoms. The zero-order valence-corrected chi connectivity index (χ0v) is 13.2. The van der Waals surface area contributed by atoms with E-state index in [1.54, 1.807) is 0 Å². The molecule has 114 valence electrons. The molecular weight excluding hydrogens is 287 g/mol. The van der Waals surface area contributed by atoms with Gasteiger partial charge in [0, 0.05) is 25.5 Å². The van der Waals surface area contributed by atoms with Crippen molar-refractivity contribution in [3.63, 3.8) is 0 Å². The van der Waals surface area contributed by atoms with Crippen molar-refractivity contribution >= 4 is 28.4 Å². The van der Waals surface area contributed by atoms with Crippen LogP contribution in [0.2, 0.25) is 0 Å². The van der Waals surface area contributed by atoms with Crippen molar-refractivity contribution in [1.82, 2.24) is 0 Å². The molecule has 0 amide bonds. The van der Waals surface area contributed by atoms with E-state index in [1.807, 2.05) is 0 Å². The van der Waals surface area contributed by atoms with Crippen molar-refractivity contribution in [2.75, 3.05) is 32.3 Å². The third kappa shape index (κ3) is 18.2. The van der Waals surface area contributed by atoms with Crippen LogP contribution in [0.3, 0.4) is 0 Å². The van der Waals surface area contributed by atoms with Gasteiger partial charge in [0.2, 0.25) is 5.24 Å². The summed E-state index contributed by atoms with van der Waals surface area (Å²) in [4.78, 5) is 10.5. The quantitative estimate of drug-likeness (QED) is 0.259. The Morgan fingerprint density at radius 3 is 1.79 bits per heavy atom. The SMILES string of the molecule is O=C(Cl)CCCCCOCCOCCCCCCCl. The summed E-state index contributed by atoms with van der Waals surface area (Å²) >= 11 is 10.8. The van der Waals surface area contributed by atoms with Gasteiger partial charge in [-0.15, -0.1) is 11.6 Å². The minimum absolute atomic E-state index is 0.250. The van der Waals surface area contributed by atoms with E-state index in [9.17, 15) is 4.79 Å². The highest BCUT2D eigenvalue weighted by Gasteiger charge is 1.96. The van der Waals surface area contributed by atoms with Gasteiger partial charge in [-0.3, -0.25) is 4.79 Å². The average molecular weight is 313 g/mol. The maximum absolute atomic E-state index is 10.5. The predicted octanol–water partition coefficient (Wildman–Crippen LogP) is 4.14. The van der Waals surface area contributed by atoms with Gasteiger partial charge in [-0.1, -0.05) is 19.3 Å². The van der Waals surface area contributed by atoms with Crippen molar-refractivity contribution in [3.8, 4) is 0 Å². The molecule has 0 saturated carbocycles. The summed E-state index contributed by atoms with van der Waals surface area (Å²) in [5.41, 5.74) is 0. The summed E-state index contributed by atoms with van der Waals surface area (Å²) in [6, 6.07) is 0. The van der Waals surface area contributed by atoms with Crippen LogP contribution in [0.5, 0.6) is 0 Å². The van der Waals surface area contributed by atoms with Gasteiger partial charge in [-0.25, -0.2) is 0 Å². The summed E-state index contributed by atoms with van der Waals surface area (Å²) in [6.45, 7) is 2.85. The number of hydrogen-bond donors (Lipinski definition) is 0. The third-order valence-electron chi connectivity index (χ3n) is 2.71. The van der Waals surface area contributed by atoms with Gasteiger partial charge in [0.25, 0.3) is 0 Å². The molecule has 0 saturated heterocycles.